The minimum Gasteiger partial charge on any atom is -0.493 e. The molecule has 1 aromatic heterocycles. The lowest BCUT2D eigenvalue weighted by Crippen LogP contribution is -2.28. The van der Waals surface area contributed by atoms with E-state index in [-0.39, 0.29) is 22.9 Å². The molecule has 2 aliphatic heterocycles. The molecule has 0 aliphatic carbocycles. The van der Waals surface area contributed by atoms with Gasteiger partial charge in [-0.25, -0.2) is 18.4 Å². The van der Waals surface area contributed by atoms with Crippen LogP contribution in [0.4, 0.5) is 11.5 Å². The summed E-state index contributed by atoms with van der Waals surface area (Å²) in [6, 6.07) is 6.04. The van der Waals surface area contributed by atoms with Crippen LogP contribution in [0.3, 0.4) is 0 Å². The topological polar surface area (TPSA) is 101 Å². The monoisotopic (exact) mass is 514 g/mol. The quantitative estimate of drug-likeness (QED) is 0.520. The molecule has 9 heteroatoms. The number of Topliss-reactive ketones (excluding diaryl/α,β-unsaturated/α-hetero) is 1. The molecule has 4 rings (SSSR count). The van der Waals surface area contributed by atoms with E-state index in [1.807, 2.05) is 32.9 Å². The third-order valence-corrected chi connectivity index (χ3v) is 7.85. The first-order chi connectivity index (χ1) is 16.7. The lowest BCUT2D eigenvalue weighted by Gasteiger charge is -2.23. The minimum absolute atomic E-state index is 0.0896. The first-order valence-electron chi connectivity index (χ1n) is 12.6. The van der Waals surface area contributed by atoms with Crippen molar-refractivity contribution in [2.24, 2.45) is 10.8 Å². The summed E-state index contributed by atoms with van der Waals surface area (Å²) in [6.07, 6.45) is 4.49. The SMILES string of the molecule is CC1(C)CCN(c2cc(OCCCS(C)(=O)=O)cc(-c3cnc4c(n3)C(C(=O)C(C)(C)C)CN4)c2)C1. The van der Waals surface area contributed by atoms with Crippen molar-refractivity contribution in [3.05, 3.63) is 30.1 Å². The normalized spacial score (nSPS) is 19.2. The van der Waals surface area contributed by atoms with Gasteiger partial charge in [-0.2, -0.15) is 0 Å². The van der Waals surface area contributed by atoms with Crippen LogP contribution in [0.2, 0.25) is 0 Å². The zero-order valence-electron chi connectivity index (χ0n) is 22.2. The number of hydrogen-bond donors (Lipinski definition) is 1. The molecule has 1 fully saturated rings. The van der Waals surface area contributed by atoms with Crippen molar-refractivity contribution >= 4 is 27.1 Å². The number of fused-ring (bicyclic) bond motifs is 1. The number of hydrogen-bond acceptors (Lipinski definition) is 8. The molecule has 1 aromatic carbocycles. The van der Waals surface area contributed by atoms with E-state index in [0.29, 0.717) is 42.5 Å². The van der Waals surface area contributed by atoms with Gasteiger partial charge < -0.3 is 15.0 Å². The van der Waals surface area contributed by atoms with Gasteiger partial charge >= 0.3 is 0 Å². The number of ether oxygens (including phenoxy) is 1. The maximum Gasteiger partial charge on any atom is 0.149 e. The number of nitrogens with zero attached hydrogens (tertiary/aromatic N) is 3. The Kier molecular flexibility index (Phi) is 7.07. The molecule has 196 valence electrons. The molecule has 0 radical (unpaired) electrons. The molecule has 1 saturated heterocycles. The Morgan fingerprint density at radius 1 is 1.25 bits per heavy atom. The lowest BCUT2D eigenvalue weighted by atomic mass is 9.82. The van der Waals surface area contributed by atoms with Crippen LogP contribution in [0, 0.1) is 10.8 Å². The number of sulfone groups is 1. The van der Waals surface area contributed by atoms with Crippen LogP contribution in [-0.4, -0.2) is 62.4 Å². The molecule has 1 unspecified atom stereocenters. The van der Waals surface area contributed by atoms with Crippen LogP contribution in [-0.2, 0) is 14.6 Å². The van der Waals surface area contributed by atoms with Gasteiger partial charge in [0.15, 0.2) is 0 Å². The van der Waals surface area contributed by atoms with Crippen molar-refractivity contribution < 1.29 is 17.9 Å². The standard InChI is InChI=1S/C27H38N4O4S/c1-26(2,3)24(32)21-15-28-25-23(21)30-22(16-29-25)18-12-19(31-9-8-27(4,5)17-31)14-20(13-18)35-10-7-11-36(6,33)34/h12-14,16,21H,7-11,15,17H2,1-6H3,(H,28,29). The number of anilines is 2. The van der Waals surface area contributed by atoms with Crippen LogP contribution in [0.5, 0.6) is 5.75 Å². The van der Waals surface area contributed by atoms with E-state index < -0.39 is 15.3 Å². The van der Waals surface area contributed by atoms with Gasteiger partial charge in [0.25, 0.3) is 0 Å². The Morgan fingerprint density at radius 3 is 2.64 bits per heavy atom. The lowest BCUT2D eigenvalue weighted by molar-refractivity contribution is -0.127. The molecule has 0 bridgehead atoms. The van der Waals surface area contributed by atoms with E-state index in [1.165, 1.54) is 6.26 Å². The van der Waals surface area contributed by atoms with Crippen molar-refractivity contribution in [1.29, 1.82) is 0 Å². The number of benzene rings is 1. The third kappa shape index (κ3) is 6.17. The zero-order valence-corrected chi connectivity index (χ0v) is 23.0. The first kappa shape index (κ1) is 26.4. The Morgan fingerprint density at radius 2 is 2.00 bits per heavy atom. The number of nitrogens with one attached hydrogen (secondary N) is 1. The van der Waals surface area contributed by atoms with Gasteiger partial charge in [-0.05, 0) is 30.4 Å². The second-order valence-electron chi connectivity index (χ2n) is 11.9. The Balaban J connectivity index is 1.66. The molecular weight excluding hydrogens is 476 g/mol. The summed E-state index contributed by atoms with van der Waals surface area (Å²) in [4.78, 5) is 24.9. The van der Waals surface area contributed by atoms with Crippen molar-refractivity contribution in [3.8, 4) is 17.0 Å². The van der Waals surface area contributed by atoms with E-state index >= 15 is 0 Å². The zero-order chi connectivity index (χ0) is 26.3. The number of carbonyl (C=O) groups excluding carboxylic acids is 1. The molecular formula is C27H38N4O4S. The fraction of sp³-hybridized carbons (Fsp3) is 0.593. The summed E-state index contributed by atoms with van der Waals surface area (Å²) in [5, 5.41) is 3.23. The van der Waals surface area contributed by atoms with Crippen molar-refractivity contribution in [3.63, 3.8) is 0 Å². The highest BCUT2D eigenvalue weighted by molar-refractivity contribution is 7.90. The maximum absolute atomic E-state index is 13.1. The Bertz CT molecular complexity index is 1250. The van der Waals surface area contributed by atoms with Gasteiger partial charge in [0.2, 0.25) is 0 Å². The minimum atomic E-state index is -3.03. The highest BCUT2D eigenvalue weighted by Crippen LogP contribution is 2.38. The van der Waals surface area contributed by atoms with Gasteiger partial charge in [0.05, 0.1) is 35.9 Å². The average molecular weight is 515 g/mol. The average Bonchev–Trinajstić information content (AvgIpc) is 3.37. The molecule has 36 heavy (non-hydrogen) atoms. The van der Waals surface area contributed by atoms with Gasteiger partial charge in [0.1, 0.15) is 27.2 Å². The number of rotatable bonds is 8. The summed E-state index contributed by atoms with van der Waals surface area (Å²) in [5.74, 6) is 1.23. The molecule has 0 amide bonds. The molecule has 2 aliphatic rings. The number of aromatic nitrogens is 2. The molecule has 2 aromatic rings. The third-order valence-electron chi connectivity index (χ3n) is 6.82. The summed E-state index contributed by atoms with van der Waals surface area (Å²) in [6.45, 7) is 13.0. The molecule has 0 spiro atoms. The van der Waals surface area contributed by atoms with Crippen LogP contribution in [0.15, 0.2) is 24.4 Å². The van der Waals surface area contributed by atoms with Crippen molar-refractivity contribution in [1.82, 2.24) is 9.97 Å². The first-order valence-corrected chi connectivity index (χ1v) is 14.6. The molecule has 0 saturated carbocycles. The van der Waals surface area contributed by atoms with Gasteiger partial charge in [-0.1, -0.05) is 34.6 Å². The van der Waals surface area contributed by atoms with Crippen molar-refractivity contribution in [2.45, 2.75) is 53.4 Å². The molecule has 8 nitrogen and oxygen atoms in total. The Hall–Kier alpha value is -2.68. The van der Waals surface area contributed by atoms with E-state index in [0.717, 1.165) is 30.8 Å². The van der Waals surface area contributed by atoms with E-state index in [2.05, 4.69) is 35.1 Å². The fourth-order valence-corrected chi connectivity index (χ4v) is 5.44. The van der Waals surface area contributed by atoms with Gasteiger partial charge in [0, 0.05) is 48.6 Å². The highest BCUT2D eigenvalue weighted by atomic mass is 32.2. The van der Waals surface area contributed by atoms with Crippen LogP contribution >= 0.6 is 0 Å². The predicted molar refractivity (Wildman–Crippen MR) is 144 cm³/mol. The molecule has 1 atom stereocenters. The van der Waals surface area contributed by atoms with Gasteiger partial charge in [-0.15, -0.1) is 0 Å². The van der Waals surface area contributed by atoms with Crippen molar-refractivity contribution in [2.75, 3.05) is 48.5 Å². The summed E-state index contributed by atoms with van der Waals surface area (Å²) in [7, 11) is -3.03. The highest BCUT2D eigenvalue weighted by Gasteiger charge is 2.37. The summed E-state index contributed by atoms with van der Waals surface area (Å²) in [5.41, 5.74) is 3.03. The van der Waals surface area contributed by atoms with E-state index in [9.17, 15) is 13.2 Å². The van der Waals surface area contributed by atoms with E-state index in [1.54, 1.807) is 6.20 Å². The number of carbonyl (C=O) groups is 1. The largest absolute Gasteiger partial charge is 0.493 e. The summed E-state index contributed by atoms with van der Waals surface area (Å²) >= 11 is 0. The van der Waals surface area contributed by atoms with Crippen LogP contribution in [0.25, 0.3) is 11.3 Å². The molecule has 3 heterocycles. The van der Waals surface area contributed by atoms with E-state index in [4.69, 9.17) is 9.72 Å². The maximum atomic E-state index is 13.1. The van der Waals surface area contributed by atoms with Crippen LogP contribution in [0.1, 0.15) is 59.1 Å². The smallest absolute Gasteiger partial charge is 0.149 e. The second-order valence-corrected chi connectivity index (χ2v) is 14.2. The Labute approximate surface area is 214 Å². The fourth-order valence-electron chi connectivity index (χ4n) is 4.80. The molecule has 1 N–H and O–H groups in total. The summed E-state index contributed by atoms with van der Waals surface area (Å²) < 4.78 is 29.0. The predicted octanol–water partition coefficient (Wildman–Crippen LogP) is 4.32. The van der Waals surface area contributed by atoms with Gasteiger partial charge in [-0.3, -0.25) is 4.79 Å². The second kappa shape index (κ2) is 9.65. The number of ketones is 1. The van der Waals surface area contributed by atoms with Crippen LogP contribution < -0.4 is 15.0 Å².